The highest BCUT2D eigenvalue weighted by molar-refractivity contribution is 8.01. The summed E-state index contributed by atoms with van der Waals surface area (Å²) in [6, 6.07) is 15.9. The van der Waals surface area contributed by atoms with Gasteiger partial charge in [-0.25, -0.2) is 9.37 Å². The fourth-order valence-corrected chi connectivity index (χ4v) is 4.27. The molecule has 0 radical (unpaired) electrons. The van der Waals surface area contributed by atoms with Gasteiger partial charge in [-0.3, -0.25) is 4.79 Å². The number of hydrogen-bond acceptors (Lipinski definition) is 5. The molecule has 7 heteroatoms. The van der Waals surface area contributed by atoms with E-state index in [1.165, 1.54) is 34.1 Å². The smallest absolute Gasteiger partial charge is 0.237 e. The first-order valence-corrected chi connectivity index (χ1v) is 9.39. The monoisotopic (exact) mass is 371 g/mol. The van der Waals surface area contributed by atoms with Crippen LogP contribution in [0.4, 0.5) is 10.1 Å². The minimum absolute atomic E-state index is 0.138. The number of nitriles is 1. The number of amides is 1. The van der Waals surface area contributed by atoms with E-state index in [9.17, 15) is 9.18 Å². The predicted molar refractivity (Wildman–Crippen MR) is 99.3 cm³/mol. The number of carbonyl (C=O) groups excluding carboxylic acids is 1. The fourth-order valence-electron chi connectivity index (χ4n) is 2.33. The Morgan fingerprint density at radius 3 is 2.76 bits per heavy atom. The van der Waals surface area contributed by atoms with Gasteiger partial charge in [0.1, 0.15) is 5.82 Å². The van der Waals surface area contributed by atoms with Gasteiger partial charge in [0.05, 0.1) is 34.1 Å². The summed E-state index contributed by atoms with van der Waals surface area (Å²) in [4.78, 5) is 18.4. The number of carbonyl (C=O) groups is 1. The molecule has 1 amide bonds. The van der Waals surface area contributed by atoms with E-state index >= 15 is 0 Å². The SMILES string of the molecule is N#CCCN(C(=O)CSc1nc2ccccc2s1)c1ccccc1F. The van der Waals surface area contributed by atoms with Crippen LogP contribution >= 0.6 is 23.1 Å². The Morgan fingerprint density at radius 1 is 1.24 bits per heavy atom. The summed E-state index contributed by atoms with van der Waals surface area (Å²) in [5.74, 6) is -0.581. The van der Waals surface area contributed by atoms with Gasteiger partial charge >= 0.3 is 0 Å². The molecular weight excluding hydrogens is 357 g/mol. The average Bonchev–Trinajstić information content (AvgIpc) is 3.04. The molecule has 0 fully saturated rings. The molecule has 25 heavy (non-hydrogen) atoms. The topological polar surface area (TPSA) is 57.0 Å². The Labute approximate surface area is 152 Å². The molecule has 0 saturated heterocycles. The number of anilines is 1. The molecule has 0 bridgehead atoms. The minimum atomic E-state index is -0.473. The van der Waals surface area contributed by atoms with Gasteiger partial charge in [0.25, 0.3) is 0 Å². The van der Waals surface area contributed by atoms with E-state index in [0.717, 1.165) is 14.6 Å². The standard InChI is InChI=1S/C18H14FN3OS2/c19-13-6-1-3-8-15(13)22(11-5-10-20)17(23)12-24-18-21-14-7-2-4-9-16(14)25-18/h1-4,6-9H,5,11-12H2. The Kier molecular flexibility index (Phi) is 5.64. The molecule has 0 aliphatic heterocycles. The second-order valence-electron chi connectivity index (χ2n) is 5.14. The number of para-hydroxylation sites is 2. The lowest BCUT2D eigenvalue weighted by Crippen LogP contribution is -2.34. The number of thioether (sulfide) groups is 1. The number of fused-ring (bicyclic) bond motifs is 1. The van der Waals surface area contributed by atoms with E-state index in [1.54, 1.807) is 18.2 Å². The Morgan fingerprint density at radius 2 is 2.00 bits per heavy atom. The van der Waals surface area contributed by atoms with Crippen molar-refractivity contribution in [3.63, 3.8) is 0 Å². The van der Waals surface area contributed by atoms with Crippen molar-refractivity contribution in [2.75, 3.05) is 17.2 Å². The summed E-state index contributed by atoms with van der Waals surface area (Å²) in [5.41, 5.74) is 1.10. The maximum atomic E-state index is 14.0. The van der Waals surface area contributed by atoms with Crippen LogP contribution in [-0.2, 0) is 4.79 Å². The molecule has 0 aliphatic rings. The van der Waals surface area contributed by atoms with Gasteiger partial charge in [-0.1, -0.05) is 36.0 Å². The number of nitrogens with zero attached hydrogens (tertiary/aromatic N) is 3. The molecule has 0 atom stereocenters. The molecule has 0 aliphatic carbocycles. The minimum Gasteiger partial charge on any atom is -0.308 e. The second kappa shape index (κ2) is 8.10. The van der Waals surface area contributed by atoms with Crippen molar-refractivity contribution in [3.8, 4) is 6.07 Å². The van der Waals surface area contributed by atoms with Crippen molar-refractivity contribution < 1.29 is 9.18 Å². The summed E-state index contributed by atoms with van der Waals surface area (Å²) < 4.78 is 15.9. The van der Waals surface area contributed by atoms with Crippen LogP contribution in [0, 0.1) is 17.1 Å². The summed E-state index contributed by atoms with van der Waals surface area (Å²) in [6.07, 6.45) is 0.145. The summed E-state index contributed by atoms with van der Waals surface area (Å²) >= 11 is 2.85. The first kappa shape index (κ1) is 17.4. The molecule has 126 valence electrons. The van der Waals surface area contributed by atoms with Crippen LogP contribution < -0.4 is 4.90 Å². The quantitative estimate of drug-likeness (QED) is 0.600. The van der Waals surface area contributed by atoms with Gasteiger partial charge in [0.2, 0.25) is 5.91 Å². The molecule has 0 spiro atoms. The highest BCUT2D eigenvalue weighted by Crippen LogP contribution is 2.30. The highest BCUT2D eigenvalue weighted by Gasteiger charge is 2.19. The average molecular weight is 371 g/mol. The zero-order valence-electron chi connectivity index (χ0n) is 13.2. The van der Waals surface area contributed by atoms with Crippen molar-refractivity contribution in [2.45, 2.75) is 10.8 Å². The number of rotatable bonds is 6. The third kappa shape index (κ3) is 4.16. The van der Waals surface area contributed by atoms with Crippen LogP contribution in [0.3, 0.4) is 0 Å². The number of halogens is 1. The molecule has 1 heterocycles. The molecule has 1 aromatic heterocycles. The maximum absolute atomic E-state index is 14.0. The zero-order chi connectivity index (χ0) is 17.6. The molecule has 0 N–H and O–H groups in total. The van der Waals surface area contributed by atoms with Crippen LogP contribution in [-0.4, -0.2) is 23.2 Å². The van der Waals surface area contributed by atoms with Crippen molar-refractivity contribution in [2.24, 2.45) is 0 Å². The van der Waals surface area contributed by atoms with Crippen LogP contribution in [0.2, 0.25) is 0 Å². The van der Waals surface area contributed by atoms with Gasteiger partial charge in [0.15, 0.2) is 4.34 Å². The predicted octanol–water partition coefficient (Wildman–Crippen LogP) is 4.47. The number of aromatic nitrogens is 1. The van der Waals surface area contributed by atoms with Crippen molar-refractivity contribution in [1.29, 1.82) is 5.26 Å². The third-order valence-electron chi connectivity index (χ3n) is 3.48. The van der Waals surface area contributed by atoms with E-state index in [1.807, 2.05) is 30.3 Å². The van der Waals surface area contributed by atoms with Crippen molar-refractivity contribution in [1.82, 2.24) is 4.98 Å². The molecular formula is C18H14FN3OS2. The van der Waals surface area contributed by atoms with Crippen LogP contribution in [0.25, 0.3) is 10.2 Å². The lowest BCUT2D eigenvalue weighted by molar-refractivity contribution is -0.116. The lowest BCUT2D eigenvalue weighted by Gasteiger charge is -2.21. The largest absolute Gasteiger partial charge is 0.308 e. The van der Waals surface area contributed by atoms with Gasteiger partial charge in [-0.05, 0) is 24.3 Å². The van der Waals surface area contributed by atoms with E-state index in [4.69, 9.17) is 5.26 Å². The first-order chi connectivity index (χ1) is 12.2. The zero-order valence-corrected chi connectivity index (χ0v) is 14.8. The molecule has 0 unspecified atom stereocenters. The maximum Gasteiger partial charge on any atom is 0.237 e. The molecule has 3 rings (SSSR count). The Balaban J connectivity index is 1.74. The van der Waals surface area contributed by atoms with Crippen LogP contribution in [0.15, 0.2) is 52.9 Å². The van der Waals surface area contributed by atoms with E-state index in [-0.39, 0.29) is 30.3 Å². The Bertz CT molecular complexity index is 902. The summed E-state index contributed by atoms with van der Waals surface area (Å²) in [5, 5.41) is 8.81. The number of hydrogen-bond donors (Lipinski definition) is 0. The molecule has 0 saturated carbocycles. The Hall–Kier alpha value is -2.43. The van der Waals surface area contributed by atoms with Crippen molar-refractivity contribution >= 4 is 44.9 Å². The summed E-state index contributed by atoms with van der Waals surface area (Å²) in [7, 11) is 0. The van der Waals surface area contributed by atoms with Gasteiger partial charge < -0.3 is 4.90 Å². The van der Waals surface area contributed by atoms with Gasteiger partial charge in [0, 0.05) is 6.54 Å². The highest BCUT2D eigenvalue weighted by atomic mass is 32.2. The third-order valence-corrected chi connectivity index (χ3v) is 5.65. The number of thiazole rings is 1. The molecule has 4 nitrogen and oxygen atoms in total. The van der Waals surface area contributed by atoms with Crippen LogP contribution in [0.1, 0.15) is 6.42 Å². The number of benzene rings is 2. The summed E-state index contributed by atoms with van der Waals surface area (Å²) in [6.45, 7) is 0.163. The van der Waals surface area contributed by atoms with E-state index < -0.39 is 5.82 Å². The van der Waals surface area contributed by atoms with Gasteiger partial charge in [-0.15, -0.1) is 11.3 Å². The van der Waals surface area contributed by atoms with E-state index in [2.05, 4.69) is 4.98 Å². The lowest BCUT2D eigenvalue weighted by atomic mass is 10.2. The second-order valence-corrected chi connectivity index (χ2v) is 7.39. The fraction of sp³-hybridized carbons (Fsp3) is 0.167. The first-order valence-electron chi connectivity index (χ1n) is 7.59. The van der Waals surface area contributed by atoms with Gasteiger partial charge in [-0.2, -0.15) is 5.26 Å². The molecule has 3 aromatic rings. The molecule has 2 aromatic carbocycles. The van der Waals surface area contributed by atoms with Crippen LogP contribution in [0.5, 0.6) is 0 Å². The van der Waals surface area contributed by atoms with Crippen molar-refractivity contribution in [3.05, 3.63) is 54.3 Å². The van der Waals surface area contributed by atoms with E-state index in [0.29, 0.717) is 0 Å². The normalized spacial score (nSPS) is 10.6.